The van der Waals surface area contributed by atoms with Gasteiger partial charge in [0.2, 0.25) is 5.95 Å². The van der Waals surface area contributed by atoms with Gasteiger partial charge in [-0.05, 0) is 51.8 Å². The number of aryl methyl sites for hydroxylation is 3. The van der Waals surface area contributed by atoms with E-state index in [2.05, 4.69) is 15.5 Å². The van der Waals surface area contributed by atoms with E-state index in [4.69, 9.17) is 14.2 Å². The van der Waals surface area contributed by atoms with Gasteiger partial charge in [-0.1, -0.05) is 29.4 Å². The smallest absolute Gasteiger partial charge is 0.326 e. The number of ether oxygens (including phenoxy) is 1. The van der Waals surface area contributed by atoms with Crippen molar-refractivity contribution in [1.29, 1.82) is 0 Å². The molecule has 0 aliphatic rings. The molecule has 0 aliphatic heterocycles. The van der Waals surface area contributed by atoms with Gasteiger partial charge in [-0.2, -0.15) is 4.98 Å². The molecule has 11 heteroatoms. The second-order valence-electron chi connectivity index (χ2n) is 9.59. The van der Waals surface area contributed by atoms with Crippen molar-refractivity contribution in [3.8, 4) is 28.0 Å². The first kappa shape index (κ1) is 29.3. The van der Waals surface area contributed by atoms with Crippen molar-refractivity contribution in [3.05, 3.63) is 70.1 Å². The predicted molar refractivity (Wildman–Crippen MR) is 158 cm³/mol. The van der Waals surface area contributed by atoms with Crippen LogP contribution in [0.1, 0.15) is 37.8 Å². The third kappa shape index (κ3) is 6.08. The molecule has 4 aromatic rings. The molecule has 0 radical (unpaired) electrons. The molecule has 11 nitrogen and oxygen atoms in total. The lowest BCUT2D eigenvalue weighted by molar-refractivity contribution is -0.137. The quantitative estimate of drug-likeness (QED) is 0.254. The van der Waals surface area contributed by atoms with E-state index in [1.54, 1.807) is 30.0 Å². The van der Waals surface area contributed by atoms with Gasteiger partial charge >= 0.3 is 5.97 Å². The largest absolute Gasteiger partial charge is 0.496 e. The van der Waals surface area contributed by atoms with Crippen LogP contribution < -0.4 is 20.5 Å². The lowest BCUT2D eigenvalue weighted by atomic mass is 10.00. The first-order chi connectivity index (χ1) is 19.7. The molecule has 3 heterocycles. The molecular weight excluding hydrogens is 524 g/mol. The number of nitrogens with zero attached hydrogens (tertiary/aromatic N) is 5. The van der Waals surface area contributed by atoms with Gasteiger partial charge in [0.25, 0.3) is 5.56 Å². The van der Waals surface area contributed by atoms with Crippen LogP contribution in [-0.4, -0.2) is 57.0 Å². The van der Waals surface area contributed by atoms with Crippen LogP contribution >= 0.6 is 0 Å². The molecule has 0 amide bonds. The summed E-state index contributed by atoms with van der Waals surface area (Å²) >= 11 is 0. The standard InChI is InChI=1S/C30H36N6O5/c1-7-35(8-2)30-31-17-22(25-18(4)34-41-19(25)5)27(33-30)32-23(29(38)39)16-20-10-12-21(13-11-20)26-24(40-6)14-15-36(9-3)28(26)37/h10-15,17,23H,7-9,16H2,1-6H3,(H,38,39)(H,31,32,33)/t23-/m0/s1. The summed E-state index contributed by atoms with van der Waals surface area (Å²) in [6.45, 7) is 11.5. The molecule has 1 atom stereocenters. The van der Waals surface area contributed by atoms with E-state index >= 15 is 0 Å². The minimum absolute atomic E-state index is 0.149. The summed E-state index contributed by atoms with van der Waals surface area (Å²) in [5.74, 6) is 0.922. The lowest BCUT2D eigenvalue weighted by Crippen LogP contribution is -2.33. The van der Waals surface area contributed by atoms with Crippen LogP contribution in [0.4, 0.5) is 11.8 Å². The number of benzene rings is 1. The fraction of sp³-hybridized carbons (Fsp3) is 0.367. The SMILES string of the molecule is CCN(CC)c1ncc(-c2c(C)noc2C)c(N[C@@H](Cc2ccc(-c3c(OC)ccn(CC)c3=O)cc2)C(=O)O)n1. The average Bonchev–Trinajstić information content (AvgIpc) is 3.31. The number of carboxylic acids is 1. The fourth-order valence-electron chi connectivity index (χ4n) is 4.84. The van der Waals surface area contributed by atoms with Crippen LogP contribution in [0.5, 0.6) is 5.75 Å². The summed E-state index contributed by atoms with van der Waals surface area (Å²) < 4.78 is 12.4. The second kappa shape index (κ2) is 12.7. The van der Waals surface area contributed by atoms with Crippen molar-refractivity contribution in [1.82, 2.24) is 19.7 Å². The molecular formula is C30H36N6O5. The number of rotatable bonds is 12. The lowest BCUT2D eigenvalue weighted by Gasteiger charge is -2.22. The van der Waals surface area contributed by atoms with Crippen molar-refractivity contribution in [2.24, 2.45) is 0 Å². The zero-order valence-electron chi connectivity index (χ0n) is 24.3. The Kier molecular flexibility index (Phi) is 9.06. The Morgan fingerprint density at radius 3 is 2.39 bits per heavy atom. The van der Waals surface area contributed by atoms with Crippen LogP contribution in [0.3, 0.4) is 0 Å². The van der Waals surface area contributed by atoms with E-state index < -0.39 is 12.0 Å². The minimum atomic E-state index is -1.03. The summed E-state index contributed by atoms with van der Waals surface area (Å²) in [7, 11) is 1.53. The molecule has 0 unspecified atom stereocenters. The summed E-state index contributed by atoms with van der Waals surface area (Å²) in [6, 6.07) is 8.04. The predicted octanol–water partition coefficient (Wildman–Crippen LogP) is 4.56. The summed E-state index contributed by atoms with van der Waals surface area (Å²) in [5.41, 5.74) is 3.78. The van der Waals surface area contributed by atoms with Gasteiger partial charge in [0.05, 0.1) is 23.9 Å². The zero-order chi connectivity index (χ0) is 29.7. The first-order valence-corrected chi connectivity index (χ1v) is 13.6. The van der Waals surface area contributed by atoms with Gasteiger partial charge in [-0.3, -0.25) is 4.79 Å². The molecule has 2 N–H and O–H groups in total. The van der Waals surface area contributed by atoms with Crippen molar-refractivity contribution in [3.63, 3.8) is 0 Å². The van der Waals surface area contributed by atoms with Crippen molar-refractivity contribution >= 4 is 17.7 Å². The molecule has 3 aromatic heterocycles. The summed E-state index contributed by atoms with van der Waals surface area (Å²) in [5, 5.41) is 17.4. The van der Waals surface area contributed by atoms with Gasteiger partial charge in [0.1, 0.15) is 23.4 Å². The Bertz CT molecular complexity index is 1550. The highest BCUT2D eigenvalue weighted by atomic mass is 16.5. The minimum Gasteiger partial charge on any atom is -0.496 e. The number of methoxy groups -OCH3 is 1. The van der Waals surface area contributed by atoms with E-state index in [1.165, 1.54) is 7.11 Å². The number of carboxylic acid groups (broad SMARTS) is 1. The number of hydrogen-bond donors (Lipinski definition) is 2. The maximum absolute atomic E-state index is 13.0. The van der Waals surface area contributed by atoms with Gasteiger partial charge in [0.15, 0.2) is 0 Å². The van der Waals surface area contributed by atoms with Gasteiger partial charge in [-0.25, -0.2) is 9.78 Å². The first-order valence-electron chi connectivity index (χ1n) is 13.6. The van der Waals surface area contributed by atoms with E-state index in [0.717, 1.165) is 11.1 Å². The molecule has 41 heavy (non-hydrogen) atoms. The molecule has 4 rings (SSSR count). The van der Waals surface area contributed by atoms with Crippen molar-refractivity contribution in [2.75, 3.05) is 30.4 Å². The fourth-order valence-corrected chi connectivity index (χ4v) is 4.84. The molecule has 0 saturated heterocycles. The van der Waals surface area contributed by atoms with Crippen molar-refractivity contribution < 1.29 is 19.2 Å². The van der Waals surface area contributed by atoms with Crippen LogP contribution in [0.25, 0.3) is 22.3 Å². The Balaban J connectivity index is 1.68. The highest BCUT2D eigenvalue weighted by Gasteiger charge is 2.24. The molecule has 216 valence electrons. The van der Waals surface area contributed by atoms with Gasteiger partial charge < -0.3 is 29.2 Å². The maximum Gasteiger partial charge on any atom is 0.326 e. The molecule has 0 spiro atoms. The van der Waals surface area contributed by atoms with E-state index in [1.807, 2.05) is 56.9 Å². The second-order valence-corrected chi connectivity index (χ2v) is 9.59. The van der Waals surface area contributed by atoms with Gasteiger partial charge in [0, 0.05) is 44.0 Å². The highest BCUT2D eigenvalue weighted by Crippen LogP contribution is 2.33. The van der Waals surface area contributed by atoms with Crippen LogP contribution in [0.2, 0.25) is 0 Å². The number of nitrogens with one attached hydrogen (secondary N) is 1. The highest BCUT2D eigenvalue weighted by molar-refractivity contribution is 5.83. The number of pyridine rings is 1. The average molecular weight is 561 g/mol. The van der Waals surface area contributed by atoms with E-state index in [9.17, 15) is 14.7 Å². The number of hydrogen-bond acceptors (Lipinski definition) is 9. The Hall–Kier alpha value is -4.67. The van der Waals surface area contributed by atoms with Crippen LogP contribution in [0, 0.1) is 13.8 Å². The van der Waals surface area contributed by atoms with Crippen molar-refractivity contribution in [2.45, 2.75) is 53.6 Å². The monoisotopic (exact) mass is 560 g/mol. The van der Waals surface area contributed by atoms with Crippen LogP contribution in [0.15, 0.2) is 52.0 Å². The number of aromatic nitrogens is 4. The van der Waals surface area contributed by atoms with Gasteiger partial charge in [-0.15, -0.1) is 0 Å². The molecule has 1 aromatic carbocycles. The Morgan fingerprint density at radius 1 is 1.12 bits per heavy atom. The Morgan fingerprint density at radius 2 is 1.83 bits per heavy atom. The van der Waals surface area contributed by atoms with E-state index in [0.29, 0.717) is 65.3 Å². The molecule has 0 saturated carbocycles. The maximum atomic E-state index is 13.0. The third-order valence-electron chi connectivity index (χ3n) is 7.10. The summed E-state index contributed by atoms with van der Waals surface area (Å²) in [6.07, 6.45) is 3.56. The number of anilines is 2. The number of aliphatic carboxylic acids is 1. The topological polar surface area (TPSA) is 136 Å². The zero-order valence-corrected chi connectivity index (χ0v) is 24.3. The Labute approximate surface area is 238 Å². The molecule has 0 aliphatic carbocycles. The van der Waals surface area contributed by atoms with E-state index in [-0.39, 0.29) is 12.0 Å². The molecule has 0 fully saturated rings. The number of carbonyl (C=O) groups is 1. The normalized spacial score (nSPS) is 11.8. The van der Waals surface area contributed by atoms with Crippen LogP contribution in [-0.2, 0) is 17.8 Å². The summed E-state index contributed by atoms with van der Waals surface area (Å²) in [4.78, 5) is 36.7. The third-order valence-corrected chi connectivity index (χ3v) is 7.10. The molecule has 0 bridgehead atoms.